The summed E-state index contributed by atoms with van der Waals surface area (Å²) < 4.78 is 0. The molecule has 3 nitrogen and oxygen atoms in total. The van der Waals surface area contributed by atoms with Gasteiger partial charge in [-0.25, -0.2) is 4.98 Å². The maximum atomic E-state index is 4.44. The number of piperazine rings is 1. The molecule has 1 radical (unpaired) electrons. The minimum absolute atomic E-state index is 0.969. The van der Waals surface area contributed by atoms with E-state index in [2.05, 4.69) is 21.3 Å². The fourth-order valence-electron chi connectivity index (χ4n) is 1.55. The van der Waals surface area contributed by atoms with Gasteiger partial charge in [0.05, 0.1) is 0 Å². The van der Waals surface area contributed by atoms with Crippen LogP contribution < -0.4 is 10.2 Å². The molecule has 1 fully saturated rings. The number of hydrogen-bond donors (Lipinski definition) is 1. The lowest BCUT2D eigenvalue weighted by Crippen LogP contribution is -2.43. The smallest absolute Gasteiger partial charge is 0.128 e. The average molecular weight is 176 g/mol. The van der Waals surface area contributed by atoms with Crippen LogP contribution >= 0.6 is 0 Å². The molecule has 0 spiro atoms. The first-order valence-electron chi connectivity index (χ1n) is 4.67. The lowest BCUT2D eigenvalue weighted by atomic mass is 10.3. The average Bonchev–Trinajstić information content (AvgIpc) is 2.19. The maximum Gasteiger partial charge on any atom is 0.128 e. The Bertz CT molecular complexity index is 279. The lowest BCUT2D eigenvalue weighted by molar-refractivity contribution is 0.584. The van der Waals surface area contributed by atoms with Crippen LogP contribution in [0.3, 0.4) is 0 Å². The largest absolute Gasteiger partial charge is 0.354 e. The normalized spacial score (nSPS) is 17.5. The molecular weight excluding hydrogens is 162 g/mol. The summed E-state index contributed by atoms with van der Waals surface area (Å²) in [6, 6.07) is 7.03. The summed E-state index contributed by atoms with van der Waals surface area (Å²) >= 11 is 0. The summed E-state index contributed by atoms with van der Waals surface area (Å²) in [5, 5.41) is 3.32. The summed E-state index contributed by atoms with van der Waals surface area (Å²) in [6.45, 7) is 6.19. The van der Waals surface area contributed by atoms with Crippen LogP contribution in [-0.2, 0) is 0 Å². The number of pyridine rings is 1. The van der Waals surface area contributed by atoms with Crippen LogP contribution in [0.1, 0.15) is 5.69 Å². The molecule has 1 aromatic heterocycles. The quantitative estimate of drug-likeness (QED) is 0.679. The molecule has 13 heavy (non-hydrogen) atoms. The van der Waals surface area contributed by atoms with Crippen LogP contribution in [0.5, 0.6) is 0 Å². The van der Waals surface area contributed by atoms with E-state index in [1.54, 1.807) is 0 Å². The lowest BCUT2D eigenvalue weighted by Gasteiger charge is -2.28. The molecule has 0 bridgehead atoms. The molecule has 0 amide bonds. The molecule has 0 unspecified atom stereocenters. The molecule has 1 aliphatic heterocycles. The van der Waals surface area contributed by atoms with Crippen molar-refractivity contribution >= 4 is 5.82 Å². The van der Waals surface area contributed by atoms with E-state index in [0.29, 0.717) is 0 Å². The maximum absolute atomic E-state index is 4.44. The standard InChI is InChI=1S/C10H14N3/c1-9-3-2-4-10(12-9)13-7-5-11-6-8-13/h2,4,11H,5-8H2,1H3. The van der Waals surface area contributed by atoms with Gasteiger partial charge in [0.25, 0.3) is 0 Å². The van der Waals surface area contributed by atoms with Gasteiger partial charge in [-0.2, -0.15) is 0 Å². The molecule has 1 aromatic rings. The zero-order valence-electron chi connectivity index (χ0n) is 7.88. The van der Waals surface area contributed by atoms with Crippen LogP contribution in [0.4, 0.5) is 5.82 Å². The van der Waals surface area contributed by atoms with E-state index in [1.807, 2.05) is 19.1 Å². The second kappa shape index (κ2) is 3.75. The Morgan fingerprint density at radius 2 is 2.23 bits per heavy atom. The van der Waals surface area contributed by atoms with E-state index in [9.17, 15) is 0 Å². The first kappa shape index (κ1) is 8.51. The number of rotatable bonds is 1. The summed E-state index contributed by atoms with van der Waals surface area (Å²) in [5.74, 6) is 1.08. The van der Waals surface area contributed by atoms with E-state index in [0.717, 1.165) is 37.7 Å². The van der Waals surface area contributed by atoms with Crippen LogP contribution in [-0.4, -0.2) is 31.2 Å². The highest BCUT2D eigenvalue weighted by atomic mass is 15.2. The summed E-state index contributed by atoms with van der Waals surface area (Å²) in [7, 11) is 0. The van der Waals surface area contributed by atoms with Gasteiger partial charge in [-0.05, 0) is 19.1 Å². The van der Waals surface area contributed by atoms with Gasteiger partial charge in [0, 0.05) is 37.9 Å². The fraction of sp³-hybridized carbons (Fsp3) is 0.500. The Morgan fingerprint density at radius 1 is 1.46 bits per heavy atom. The van der Waals surface area contributed by atoms with Crippen molar-refractivity contribution in [3.63, 3.8) is 0 Å². The number of nitrogens with zero attached hydrogens (tertiary/aromatic N) is 2. The van der Waals surface area contributed by atoms with Crippen molar-refractivity contribution < 1.29 is 0 Å². The van der Waals surface area contributed by atoms with E-state index >= 15 is 0 Å². The molecule has 0 atom stereocenters. The summed E-state index contributed by atoms with van der Waals surface area (Å²) in [6.07, 6.45) is 0. The zero-order chi connectivity index (χ0) is 9.10. The van der Waals surface area contributed by atoms with Gasteiger partial charge in [-0.1, -0.05) is 0 Å². The highest BCUT2D eigenvalue weighted by molar-refractivity contribution is 5.39. The van der Waals surface area contributed by atoms with Crippen molar-refractivity contribution in [2.45, 2.75) is 6.92 Å². The Kier molecular flexibility index (Phi) is 2.45. The van der Waals surface area contributed by atoms with Crippen molar-refractivity contribution in [2.75, 3.05) is 31.1 Å². The number of aryl methyl sites for hydroxylation is 1. The molecule has 1 N–H and O–H groups in total. The molecular formula is C10H14N3. The van der Waals surface area contributed by atoms with Gasteiger partial charge in [-0.3, -0.25) is 0 Å². The molecule has 69 valence electrons. The Morgan fingerprint density at radius 3 is 2.92 bits per heavy atom. The molecule has 1 aliphatic rings. The second-order valence-corrected chi connectivity index (χ2v) is 3.27. The van der Waals surface area contributed by atoms with Crippen molar-refractivity contribution in [2.24, 2.45) is 0 Å². The number of nitrogens with one attached hydrogen (secondary N) is 1. The van der Waals surface area contributed by atoms with Crippen molar-refractivity contribution in [1.29, 1.82) is 0 Å². The Hall–Kier alpha value is -1.09. The fourth-order valence-corrected chi connectivity index (χ4v) is 1.55. The van der Waals surface area contributed by atoms with Crippen molar-refractivity contribution in [1.82, 2.24) is 10.3 Å². The van der Waals surface area contributed by atoms with E-state index in [-0.39, 0.29) is 0 Å². The van der Waals surface area contributed by atoms with Crippen LogP contribution in [0, 0.1) is 13.0 Å². The molecule has 1 saturated heterocycles. The second-order valence-electron chi connectivity index (χ2n) is 3.27. The SMILES string of the molecule is Cc1[c]ccc(N2CCNCC2)n1. The van der Waals surface area contributed by atoms with Crippen LogP contribution in [0.15, 0.2) is 12.1 Å². The molecule has 3 heteroatoms. The Labute approximate surface area is 78.8 Å². The van der Waals surface area contributed by atoms with Crippen molar-refractivity contribution in [3.05, 3.63) is 23.9 Å². The van der Waals surface area contributed by atoms with Gasteiger partial charge in [-0.15, -0.1) is 0 Å². The van der Waals surface area contributed by atoms with E-state index in [4.69, 9.17) is 0 Å². The number of anilines is 1. The third-order valence-electron chi connectivity index (χ3n) is 2.25. The predicted octanol–water partition coefficient (Wildman–Crippen LogP) is 0.600. The van der Waals surface area contributed by atoms with E-state index < -0.39 is 0 Å². The van der Waals surface area contributed by atoms with Crippen LogP contribution in [0.2, 0.25) is 0 Å². The third kappa shape index (κ3) is 1.98. The minimum atomic E-state index is 0.969. The number of aromatic nitrogens is 1. The molecule has 2 rings (SSSR count). The molecule has 2 heterocycles. The zero-order valence-corrected chi connectivity index (χ0v) is 7.88. The van der Waals surface area contributed by atoms with Gasteiger partial charge in [0.1, 0.15) is 5.82 Å². The van der Waals surface area contributed by atoms with Crippen LogP contribution in [0.25, 0.3) is 0 Å². The minimum Gasteiger partial charge on any atom is -0.354 e. The van der Waals surface area contributed by atoms with Gasteiger partial charge < -0.3 is 10.2 Å². The molecule has 0 saturated carbocycles. The highest BCUT2D eigenvalue weighted by Gasteiger charge is 2.10. The molecule has 0 aromatic carbocycles. The first-order chi connectivity index (χ1) is 6.36. The first-order valence-corrected chi connectivity index (χ1v) is 4.67. The van der Waals surface area contributed by atoms with Gasteiger partial charge in [0.2, 0.25) is 0 Å². The monoisotopic (exact) mass is 176 g/mol. The number of hydrogen-bond acceptors (Lipinski definition) is 3. The van der Waals surface area contributed by atoms with Crippen molar-refractivity contribution in [3.8, 4) is 0 Å². The van der Waals surface area contributed by atoms with E-state index in [1.165, 1.54) is 0 Å². The van der Waals surface area contributed by atoms with Gasteiger partial charge >= 0.3 is 0 Å². The highest BCUT2D eigenvalue weighted by Crippen LogP contribution is 2.10. The summed E-state index contributed by atoms with van der Waals surface area (Å²) in [5.41, 5.74) is 0.969. The van der Waals surface area contributed by atoms with Gasteiger partial charge in [0.15, 0.2) is 0 Å². The predicted molar refractivity (Wildman–Crippen MR) is 52.9 cm³/mol. The summed E-state index contributed by atoms with van der Waals surface area (Å²) in [4.78, 5) is 6.74. The molecule has 0 aliphatic carbocycles. The third-order valence-corrected chi connectivity index (χ3v) is 2.25. The topological polar surface area (TPSA) is 28.2 Å². The Balaban J connectivity index is 2.14.